The molecule has 1 heterocycles. The van der Waals surface area contributed by atoms with Gasteiger partial charge in [-0.25, -0.2) is 0 Å². The molecule has 1 aliphatic rings. The van der Waals surface area contributed by atoms with Crippen molar-refractivity contribution in [2.24, 2.45) is 5.41 Å². The summed E-state index contributed by atoms with van der Waals surface area (Å²) in [6.45, 7) is 9.25. The van der Waals surface area contributed by atoms with Crippen LogP contribution in [0.15, 0.2) is 6.07 Å². The third kappa shape index (κ3) is 3.33. The molecular weight excluding hydrogens is 226 g/mol. The summed E-state index contributed by atoms with van der Waals surface area (Å²) in [6.07, 6.45) is 2.58. The zero-order chi connectivity index (χ0) is 13.2. The number of aromatic nitrogens is 2. The van der Waals surface area contributed by atoms with Gasteiger partial charge in [-0.2, -0.15) is 5.10 Å². The Hall–Kier alpha value is -0.870. The first-order chi connectivity index (χ1) is 8.54. The molecule has 2 rings (SSSR count). The van der Waals surface area contributed by atoms with Crippen molar-refractivity contribution in [2.45, 2.75) is 46.2 Å². The van der Waals surface area contributed by atoms with E-state index in [2.05, 4.69) is 35.0 Å². The van der Waals surface area contributed by atoms with Gasteiger partial charge in [0.15, 0.2) is 0 Å². The summed E-state index contributed by atoms with van der Waals surface area (Å²) in [7, 11) is 1.79. The Morgan fingerprint density at radius 1 is 1.50 bits per heavy atom. The molecule has 102 valence electrons. The van der Waals surface area contributed by atoms with Crippen LogP contribution in [0.1, 0.15) is 31.2 Å². The molecule has 1 atom stereocenters. The molecule has 0 radical (unpaired) electrons. The highest BCUT2D eigenvalue weighted by Crippen LogP contribution is 2.45. The van der Waals surface area contributed by atoms with E-state index in [9.17, 15) is 0 Å². The van der Waals surface area contributed by atoms with Gasteiger partial charge in [0.25, 0.3) is 0 Å². The highest BCUT2D eigenvalue weighted by molar-refractivity contribution is 5.06. The number of aryl methyl sites for hydroxylation is 2. The summed E-state index contributed by atoms with van der Waals surface area (Å²) in [5.74, 6) is 0. The topological polar surface area (TPSA) is 39.1 Å². The summed E-state index contributed by atoms with van der Waals surface area (Å²) in [6, 6.07) is 2.57. The fourth-order valence-corrected chi connectivity index (χ4v) is 2.43. The normalized spacial score (nSPS) is 18.9. The minimum atomic E-state index is 0.415. The van der Waals surface area contributed by atoms with E-state index in [1.807, 2.05) is 6.92 Å². The summed E-state index contributed by atoms with van der Waals surface area (Å²) in [5.41, 5.74) is 2.75. The van der Waals surface area contributed by atoms with Crippen LogP contribution in [0.2, 0.25) is 0 Å². The SMILES string of the molecule is COCC1(CN[C@H](C)Cn2nc(C)cc2C)CC1. The smallest absolute Gasteiger partial charge is 0.0596 e. The molecule has 0 aromatic carbocycles. The molecule has 0 unspecified atom stereocenters. The quantitative estimate of drug-likeness (QED) is 0.804. The second-order valence-electron chi connectivity index (χ2n) is 5.82. The lowest BCUT2D eigenvalue weighted by atomic mass is 10.1. The summed E-state index contributed by atoms with van der Waals surface area (Å²) < 4.78 is 7.37. The largest absolute Gasteiger partial charge is 0.384 e. The van der Waals surface area contributed by atoms with E-state index < -0.39 is 0 Å². The van der Waals surface area contributed by atoms with Crippen LogP contribution in [0, 0.1) is 19.3 Å². The second kappa shape index (κ2) is 5.41. The van der Waals surface area contributed by atoms with Crippen molar-refractivity contribution in [3.8, 4) is 0 Å². The number of hydrogen-bond donors (Lipinski definition) is 1. The van der Waals surface area contributed by atoms with Gasteiger partial charge in [0.2, 0.25) is 0 Å². The van der Waals surface area contributed by atoms with Gasteiger partial charge in [-0.1, -0.05) is 0 Å². The van der Waals surface area contributed by atoms with Crippen molar-refractivity contribution in [1.82, 2.24) is 15.1 Å². The van der Waals surface area contributed by atoms with E-state index in [1.165, 1.54) is 18.5 Å². The Morgan fingerprint density at radius 2 is 2.22 bits per heavy atom. The number of methoxy groups -OCH3 is 1. The Morgan fingerprint density at radius 3 is 2.72 bits per heavy atom. The lowest BCUT2D eigenvalue weighted by Gasteiger charge is -2.20. The van der Waals surface area contributed by atoms with Crippen molar-refractivity contribution < 1.29 is 4.74 Å². The van der Waals surface area contributed by atoms with Crippen LogP contribution in [-0.4, -0.2) is 36.1 Å². The average molecular weight is 251 g/mol. The van der Waals surface area contributed by atoms with Crippen molar-refractivity contribution in [3.05, 3.63) is 17.5 Å². The van der Waals surface area contributed by atoms with Gasteiger partial charge in [-0.05, 0) is 39.7 Å². The van der Waals surface area contributed by atoms with Crippen LogP contribution < -0.4 is 5.32 Å². The van der Waals surface area contributed by atoms with Gasteiger partial charge < -0.3 is 10.1 Å². The van der Waals surface area contributed by atoms with Crippen LogP contribution in [0.3, 0.4) is 0 Å². The molecule has 18 heavy (non-hydrogen) atoms. The van der Waals surface area contributed by atoms with E-state index in [1.54, 1.807) is 7.11 Å². The monoisotopic (exact) mass is 251 g/mol. The Balaban J connectivity index is 1.79. The molecule has 1 saturated carbocycles. The maximum atomic E-state index is 5.28. The minimum Gasteiger partial charge on any atom is -0.384 e. The van der Waals surface area contributed by atoms with E-state index >= 15 is 0 Å². The maximum Gasteiger partial charge on any atom is 0.0596 e. The molecule has 0 amide bonds. The van der Waals surface area contributed by atoms with Crippen LogP contribution in [0.4, 0.5) is 0 Å². The number of nitrogens with zero attached hydrogens (tertiary/aromatic N) is 2. The lowest BCUT2D eigenvalue weighted by molar-refractivity contribution is 0.137. The third-order valence-electron chi connectivity index (χ3n) is 3.78. The molecular formula is C14H25N3O. The molecule has 0 spiro atoms. The molecule has 0 bridgehead atoms. The Kier molecular flexibility index (Phi) is 4.07. The number of rotatable bonds is 7. The Labute approximate surface area is 110 Å². The molecule has 1 N–H and O–H groups in total. The van der Waals surface area contributed by atoms with Gasteiger partial charge in [0, 0.05) is 30.8 Å². The maximum absolute atomic E-state index is 5.28. The summed E-state index contributed by atoms with van der Waals surface area (Å²) in [4.78, 5) is 0. The zero-order valence-corrected chi connectivity index (χ0v) is 12.0. The fourth-order valence-electron chi connectivity index (χ4n) is 2.43. The standard InChI is InChI=1S/C14H25N3O/c1-11-7-13(3)17(16-11)8-12(2)15-9-14(5-6-14)10-18-4/h7,12,15H,5-6,8-10H2,1-4H3/t12-/m1/s1. The van der Waals surface area contributed by atoms with Gasteiger partial charge in [0.05, 0.1) is 18.8 Å². The van der Waals surface area contributed by atoms with Crippen molar-refractivity contribution in [1.29, 1.82) is 0 Å². The molecule has 4 nitrogen and oxygen atoms in total. The second-order valence-corrected chi connectivity index (χ2v) is 5.82. The Bertz CT molecular complexity index is 396. The first-order valence-electron chi connectivity index (χ1n) is 6.78. The highest BCUT2D eigenvalue weighted by Gasteiger charge is 2.42. The zero-order valence-electron chi connectivity index (χ0n) is 12.0. The highest BCUT2D eigenvalue weighted by atomic mass is 16.5. The number of nitrogens with one attached hydrogen (secondary N) is 1. The van der Waals surface area contributed by atoms with Crippen molar-refractivity contribution in [2.75, 3.05) is 20.3 Å². The molecule has 0 saturated heterocycles. The van der Waals surface area contributed by atoms with E-state index in [0.29, 0.717) is 11.5 Å². The number of hydrogen-bond acceptors (Lipinski definition) is 3. The van der Waals surface area contributed by atoms with Crippen LogP contribution in [0.25, 0.3) is 0 Å². The molecule has 1 aromatic rings. The van der Waals surface area contributed by atoms with Crippen LogP contribution in [0.5, 0.6) is 0 Å². The first kappa shape index (κ1) is 13.6. The third-order valence-corrected chi connectivity index (χ3v) is 3.78. The van der Waals surface area contributed by atoms with Gasteiger partial charge in [0.1, 0.15) is 0 Å². The van der Waals surface area contributed by atoms with E-state index in [0.717, 1.165) is 25.4 Å². The summed E-state index contributed by atoms with van der Waals surface area (Å²) >= 11 is 0. The van der Waals surface area contributed by atoms with E-state index in [4.69, 9.17) is 4.74 Å². The summed E-state index contributed by atoms with van der Waals surface area (Å²) in [5, 5.41) is 8.11. The predicted molar refractivity (Wildman–Crippen MR) is 72.7 cm³/mol. The van der Waals surface area contributed by atoms with Crippen LogP contribution in [-0.2, 0) is 11.3 Å². The predicted octanol–water partition coefficient (Wildman–Crippen LogP) is 1.90. The molecule has 4 heteroatoms. The van der Waals surface area contributed by atoms with Crippen LogP contribution >= 0.6 is 0 Å². The van der Waals surface area contributed by atoms with Gasteiger partial charge >= 0.3 is 0 Å². The minimum absolute atomic E-state index is 0.415. The average Bonchev–Trinajstić information content (AvgIpc) is 2.99. The van der Waals surface area contributed by atoms with Gasteiger partial charge in [-0.15, -0.1) is 0 Å². The fraction of sp³-hybridized carbons (Fsp3) is 0.786. The first-order valence-corrected chi connectivity index (χ1v) is 6.78. The lowest BCUT2D eigenvalue weighted by Crippen LogP contribution is -2.36. The number of ether oxygens (including phenoxy) is 1. The molecule has 1 aromatic heterocycles. The molecule has 1 aliphatic carbocycles. The molecule has 0 aliphatic heterocycles. The molecule has 1 fully saturated rings. The van der Waals surface area contributed by atoms with Crippen molar-refractivity contribution in [3.63, 3.8) is 0 Å². The van der Waals surface area contributed by atoms with Crippen molar-refractivity contribution >= 4 is 0 Å². The van der Waals surface area contributed by atoms with E-state index in [-0.39, 0.29) is 0 Å². The van der Waals surface area contributed by atoms with Gasteiger partial charge in [-0.3, -0.25) is 4.68 Å².